The fourth-order valence-electron chi connectivity index (χ4n) is 4.38. The summed E-state index contributed by atoms with van der Waals surface area (Å²) in [4.78, 5) is 2.60. The molecule has 1 saturated heterocycles. The van der Waals surface area contributed by atoms with Crippen LogP contribution in [0.4, 0.5) is 0 Å². The summed E-state index contributed by atoms with van der Waals surface area (Å²) < 4.78 is 17.5. The molecule has 0 aliphatic carbocycles. The van der Waals surface area contributed by atoms with Crippen molar-refractivity contribution in [3.05, 3.63) is 77.9 Å². The van der Waals surface area contributed by atoms with E-state index in [-0.39, 0.29) is 0 Å². The maximum Gasteiger partial charge on any atom is 0.195 e. The molecular formula is C25H31NO3. The molecule has 1 atom stereocenters. The molecule has 2 aromatic carbocycles. The van der Waals surface area contributed by atoms with Crippen molar-refractivity contribution in [3.8, 4) is 5.75 Å². The molecule has 1 fully saturated rings. The summed E-state index contributed by atoms with van der Waals surface area (Å²) >= 11 is 0. The molecule has 0 aromatic heterocycles. The van der Waals surface area contributed by atoms with Crippen LogP contribution >= 0.6 is 0 Å². The van der Waals surface area contributed by atoms with Gasteiger partial charge in [0.25, 0.3) is 0 Å². The van der Waals surface area contributed by atoms with Crippen LogP contribution in [0, 0.1) is 0 Å². The number of benzene rings is 2. The summed E-state index contributed by atoms with van der Waals surface area (Å²) in [5.41, 5.74) is 2.47. The minimum atomic E-state index is -0.571. The van der Waals surface area contributed by atoms with Crippen LogP contribution in [0.15, 0.2) is 66.7 Å². The summed E-state index contributed by atoms with van der Waals surface area (Å²) in [5.74, 6) is 0.339. The predicted molar refractivity (Wildman–Crippen MR) is 115 cm³/mol. The number of hydrogen-bond acceptors (Lipinski definition) is 4. The van der Waals surface area contributed by atoms with Crippen molar-refractivity contribution in [3.63, 3.8) is 0 Å². The van der Waals surface area contributed by atoms with Gasteiger partial charge in [0.2, 0.25) is 0 Å². The minimum Gasteiger partial charge on any atom is -0.497 e. The third-order valence-electron chi connectivity index (χ3n) is 5.93. The van der Waals surface area contributed by atoms with Crippen LogP contribution in [-0.4, -0.2) is 44.4 Å². The summed E-state index contributed by atoms with van der Waals surface area (Å²) in [6, 6.07) is 19.3. The first-order chi connectivity index (χ1) is 14.3. The molecule has 0 spiro atoms. The van der Waals surface area contributed by atoms with Gasteiger partial charge < -0.3 is 14.2 Å². The highest BCUT2D eigenvalue weighted by Gasteiger charge is 2.38. The lowest BCUT2D eigenvalue weighted by Gasteiger charge is -2.34. The Morgan fingerprint density at radius 2 is 1.79 bits per heavy atom. The van der Waals surface area contributed by atoms with Crippen molar-refractivity contribution in [2.75, 3.05) is 33.4 Å². The van der Waals surface area contributed by atoms with Gasteiger partial charge >= 0.3 is 0 Å². The average molecular weight is 394 g/mol. The molecule has 4 rings (SSSR count). The highest BCUT2D eigenvalue weighted by Crippen LogP contribution is 2.36. The lowest BCUT2D eigenvalue weighted by molar-refractivity contribution is -0.172. The third kappa shape index (κ3) is 4.89. The predicted octanol–water partition coefficient (Wildman–Crippen LogP) is 4.55. The fraction of sp³-hybridized carbons (Fsp3) is 0.440. The number of ether oxygens (including phenoxy) is 3. The zero-order valence-electron chi connectivity index (χ0n) is 17.3. The number of nitrogens with zero attached hydrogens (tertiary/aromatic N) is 1. The first kappa shape index (κ1) is 20.1. The molecule has 29 heavy (non-hydrogen) atoms. The van der Waals surface area contributed by atoms with Gasteiger partial charge in [0.1, 0.15) is 5.75 Å². The van der Waals surface area contributed by atoms with Crippen molar-refractivity contribution in [1.29, 1.82) is 0 Å². The monoisotopic (exact) mass is 393 g/mol. The Kier molecular flexibility index (Phi) is 6.65. The Morgan fingerprint density at radius 1 is 1.03 bits per heavy atom. The summed E-state index contributed by atoms with van der Waals surface area (Å²) in [7, 11) is 1.71. The molecule has 2 aliphatic rings. The van der Waals surface area contributed by atoms with E-state index in [1.165, 1.54) is 5.56 Å². The molecule has 1 unspecified atom stereocenters. The summed E-state index contributed by atoms with van der Waals surface area (Å²) in [6.45, 7) is 3.49. The molecule has 2 aromatic rings. The maximum atomic E-state index is 6.09. The maximum absolute atomic E-state index is 6.09. The van der Waals surface area contributed by atoms with Gasteiger partial charge in [-0.3, -0.25) is 4.90 Å². The molecule has 4 heteroatoms. The summed E-state index contributed by atoms with van der Waals surface area (Å²) in [5, 5.41) is 0. The van der Waals surface area contributed by atoms with Gasteiger partial charge in [-0.2, -0.15) is 0 Å². The van der Waals surface area contributed by atoms with E-state index in [1.54, 1.807) is 7.11 Å². The zero-order chi connectivity index (χ0) is 19.9. The van der Waals surface area contributed by atoms with Crippen LogP contribution in [-0.2, 0) is 21.7 Å². The summed E-state index contributed by atoms with van der Waals surface area (Å²) in [6.07, 6.45) is 8.75. The van der Waals surface area contributed by atoms with Gasteiger partial charge in [0.05, 0.1) is 20.3 Å². The highest BCUT2D eigenvalue weighted by atomic mass is 16.7. The molecule has 2 heterocycles. The molecule has 0 saturated carbocycles. The second kappa shape index (κ2) is 9.57. The van der Waals surface area contributed by atoms with E-state index < -0.39 is 5.79 Å². The Bertz CT molecular complexity index is 781. The van der Waals surface area contributed by atoms with Gasteiger partial charge in [0.15, 0.2) is 5.79 Å². The van der Waals surface area contributed by atoms with Gasteiger partial charge in [0, 0.05) is 24.6 Å². The van der Waals surface area contributed by atoms with Crippen molar-refractivity contribution in [2.24, 2.45) is 0 Å². The molecular weight excluding hydrogens is 362 g/mol. The lowest BCUT2D eigenvalue weighted by atomic mass is 9.98. The molecule has 0 radical (unpaired) electrons. The average Bonchev–Trinajstić information content (AvgIpc) is 3.26. The first-order valence-electron chi connectivity index (χ1n) is 10.7. The lowest BCUT2D eigenvalue weighted by Crippen LogP contribution is -2.40. The number of hydrogen-bond donors (Lipinski definition) is 0. The largest absolute Gasteiger partial charge is 0.497 e. The van der Waals surface area contributed by atoms with E-state index in [1.807, 2.05) is 18.2 Å². The van der Waals surface area contributed by atoms with Crippen molar-refractivity contribution >= 4 is 0 Å². The second-order valence-corrected chi connectivity index (χ2v) is 7.79. The van der Waals surface area contributed by atoms with Crippen LogP contribution in [0.3, 0.4) is 0 Å². The molecule has 4 nitrogen and oxygen atoms in total. The van der Waals surface area contributed by atoms with Crippen LogP contribution < -0.4 is 4.74 Å². The Hall–Kier alpha value is -2.14. The quantitative estimate of drug-likeness (QED) is 0.616. The second-order valence-electron chi connectivity index (χ2n) is 7.79. The third-order valence-corrected chi connectivity index (χ3v) is 5.93. The fourth-order valence-corrected chi connectivity index (χ4v) is 4.38. The van der Waals surface area contributed by atoms with Gasteiger partial charge in [-0.05, 0) is 43.5 Å². The number of rotatable bonds is 8. The van der Waals surface area contributed by atoms with Crippen LogP contribution in [0.2, 0.25) is 0 Å². The molecule has 2 aliphatic heterocycles. The van der Waals surface area contributed by atoms with Crippen molar-refractivity contribution in [1.82, 2.24) is 4.90 Å². The van der Waals surface area contributed by atoms with Gasteiger partial charge in [-0.25, -0.2) is 0 Å². The van der Waals surface area contributed by atoms with Gasteiger partial charge in [-0.15, -0.1) is 0 Å². The van der Waals surface area contributed by atoms with E-state index in [9.17, 15) is 0 Å². The van der Waals surface area contributed by atoms with Crippen LogP contribution in [0.5, 0.6) is 5.75 Å². The van der Waals surface area contributed by atoms with Crippen molar-refractivity contribution < 1.29 is 14.2 Å². The van der Waals surface area contributed by atoms with E-state index in [4.69, 9.17) is 14.2 Å². The zero-order valence-corrected chi connectivity index (χ0v) is 17.3. The Morgan fingerprint density at radius 3 is 2.52 bits per heavy atom. The van der Waals surface area contributed by atoms with E-state index in [0.29, 0.717) is 19.3 Å². The van der Waals surface area contributed by atoms with E-state index >= 15 is 0 Å². The Labute approximate surface area is 174 Å². The van der Waals surface area contributed by atoms with Crippen molar-refractivity contribution in [2.45, 2.75) is 37.5 Å². The highest BCUT2D eigenvalue weighted by molar-refractivity contribution is 5.28. The van der Waals surface area contributed by atoms with Gasteiger partial charge in [-0.1, -0.05) is 54.6 Å². The molecule has 0 amide bonds. The molecule has 154 valence electrons. The molecule has 0 bridgehead atoms. The number of methoxy groups -OCH3 is 1. The van der Waals surface area contributed by atoms with Crippen LogP contribution in [0.25, 0.3) is 0 Å². The van der Waals surface area contributed by atoms with E-state index in [0.717, 1.165) is 50.1 Å². The molecule has 0 N–H and O–H groups in total. The minimum absolute atomic E-state index is 0.440. The first-order valence-corrected chi connectivity index (χ1v) is 10.7. The van der Waals surface area contributed by atoms with E-state index in [2.05, 4.69) is 53.5 Å². The smallest absolute Gasteiger partial charge is 0.195 e. The van der Waals surface area contributed by atoms with Crippen LogP contribution in [0.1, 0.15) is 30.4 Å². The SMILES string of the molecule is COc1ccc(CC2C=CCCN2CCCC2(c3ccccc3)OCCO2)cc1. The standard InChI is InChI=1S/C25H31NO3/c1-27-24-13-11-21(12-14-24)20-23-10-5-6-16-26(23)17-7-15-25(28-18-19-29-25)22-8-3-2-4-9-22/h2-5,8-14,23H,6-7,15-20H2,1H3. The normalized spacial score (nSPS) is 21.3. The Balaban J connectivity index is 1.36. The topological polar surface area (TPSA) is 30.9 Å².